The lowest BCUT2D eigenvalue weighted by Gasteiger charge is -2.35. The van der Waals surface area contributed by atoms with E-state index >= 15 is 0 Å². The SMILES string of the molecule is NC(=O)[C@@H]1Cc2ccccc2CN1C(=O)[C@@H]([NH3+])Cc1ccc(O)cc1. The molecule has 0 unspecified atom stereocenters. The predicted molar refractivity (Wildman–Crippen MR) is 92.2 cm³/mol. The molecule has 6 nitrogen and oxygen atoms in total. The molecule has 0 fully saturated rings. The highest BCUT2D eigenvalue weighted by atomic mass is 16.3. The first kappa shape index (κ1) is 17.0. The van der Waals surface area contributed by atoms with E-state index in [4.69, 9.17) is 5.73 Å². The average Bonchev–Trinajstić information content (AvgIpc) is 2.61. The maximum absolute atomic E-state index is 12.9. The molecule has 6 N–H and O–H groups in total. The number of fused-ring (bicyclic) bond motifs is 1. The highest BCUT2D eigenvalue weighted by Crippen LogP contribution is 2.24. The van der Waals surface area contributed by atoms with Crippen LogP contribution in [0.2, 0.25) is 0 Å². The van der Waals surface area contributed by atoms with Crippen molar-refractivity contribution >= 4 is 11.8 Å². The number of rotatable bonds is 4. The van der Waals surface area contributed by atoms with Crippen LogP contribution in [0.25, 0.3) is 0 Å². The Bertz CT molecular complexity index is 789. The molecule has 130 valence electrons. The highest BCUT2D eigenvalue weighted by molar-refractivity contribution is 5.89. The van der Waals surface area contributed by atoms with E-state index in [1.165, 1.54) is 0 Å². The number of phenolic OH excluding ortho intramolecular Hbond substituents is 1. The normalized spacial score (nSPS) is 17.6. The number of nitrogens with two attached hydrogens (primary N) is 1. The summed E-state index contributed by atoms with van der Waals surface area (Å²) >= 11 is 0. The summed E-state index contributed by atoms with van der Waals surface area (Å²) in [4.78, 5) is 26.3. The van der Waals surface area contributed by atoms with Crippen molar-refractivity contribution in [2.45, 2.75) is 31.5 Å². The van der Waals surface area contributed by atoms with Crippen molar-refractivity contribution < 1.29 is 20.4 Å². The van der Waals surface area contributed by atoms with Crippen molar-refractivity contribution in [3.8, 4) is 5.75 Å². The number of amides is 2. The van der Waals surface area contributed by atoms with Gasteiger partial charge >= 0.3 is 0 Å². The summed E-state index contributed by atoms with van der Waals surface area (Å²) in [6.45, 7) is 0.365. The maximum Gasteiger partial charge on any atom is 0.282 e. The average molecular weight is 340 g/mol. The maximum atomic E-state index is 12.9. The fourth-order valence-electron chi connectivity index (χ4n) is 3.25. The Morgan fingerprint density at radius 3 is 2.44 bits per heavy atom. The van der Waals surface area contributed by atoms with Gasteiger partial charge < -0.3 is 21.5 Å². The van der Waals surface area contributed by atoms with E-state index in [1.807, 2.05) is 24.3 Å². The standard InChI is InChI=1S/C19H21N3O3/c20-16(9-12-5-7-15(23)8-6-12)19(25)22-11-14-4-2-1-3-13(14)10-17(22)18(21)24/h1-8,16-17,23H,9-11,20H2,(H2,21,24)/p+1/t16-,17-/m0/s1. The molecule has 1 aliphatic heterocycles. The molecule has 0 aromatic heterocycles. The minimum atomic E-state index is -0.647. The zero-order chi connectivity index (χ0) is 18.0. The second-order valence-corrected chi connectivity index (χ2v) is 6.42. The minimum absolute atomic E-state index is 0.178. The van der Waals surface area contributed by atoms with E-state index in [9.17, 15) is 14.7 Å². The number of hydrogen-bond acceptors (Lipinski definition) is 3. The van der Waals surface area contributed by atoms with E-state index < -0.39 is 18.0 Å². The number of hydrogen-bond donors (Lipinski definition) is 3. The third kappa shape index (κ3) is 3.64. The Balaban J connectivity index is 1.79. The first-order valence-corrected chi connectivity index (χ1v) is 8.23. The second-order valence-electron chi connectivity index (χ2n) is 6.42. The number of aromatic hydroxyl groups is 1. The lowest BCUT2D eigenvalue weighted by molar-refractivity contribution is -0.405. The Labute approximate surface area is 146 Å². The van der Waals surface area contributed by atoms with Crippen LogP contribution in [0.15, 0.2) is 48.5 Å². The smallest absolute Gasteiger partial charge is 0.282 e. The van der Waals surface area contributed by atoms with Gasteiger partial charge in [0.05, 0.1) is 0 Å². The number of carbonyl (C=O) groups excluding carboxylic acids is 2. The van der Waals surface area contributed by atoms with Gasteiger partial charge in [0.2, 0.25) is 5.91 Å². The summed E-state index contributed by atoms with van der Waals surface area (Å²) in [6.07, 6.45) is 0.867. The van der Waals surface area contributed by atoms with Crippen LogP contribution in [0.3, 0.4) is 0 Å². The summed E-state index contributed by atoms with van der Waals surface area (Å²) in [7, 11) is 0. The fraction of sp³-hybridized carbons (Fsp3) is 0.263. The molecule has 0 aliphatic carbocycles. The van der Waals surface area contributed by atoms with Crippen molar-refractivity contribution in [3.05, 3.63) is 65.2 Å². The zero-order valence-corrected chi connectivity index (χ0v) is 13.9. The second kappa shape index (κ2) is 6.94. The fourth-order valence-corrected chi connectivity index (χ4v) is 3.25. The molecular formula is C19H22N3O3+. The van der Waals surface area contributed by atoms with Gasteiger partial charge in [0, 0.05) is 19.4 Å². The molecule has 0 saturated carbocycles. The first-order chi connectivity index (χ1) is 12.0. The molecule has 2 aromatic rings. The largest absolute Gasteiger partial charge is 0.508 e. The molecule has 1 heterocycles. The van der Waals surface area contributed by atoms with E-state index in [0.717, 1.165) is 16.7 Å². The molecule has 2 amide bonds. The van der Waals surface area contributed by atoms with Crippen molar-refractivity contribution in [3.63, 3.8) is 0 Å². The number of nitrogens with zero attached hydrogens (tertiary/aromatic N) is 1. The van der Waals surface area contributed by atoms with Crippen LogP contribution in [0.1, 0.15) is 16.7 Å². The van der Waals surface area contributed by atoms with Gasteiger partial charge in [-0.25, -0.2) is 0 Å². The van der Waals surface area contributed by atoms with Crippen LogP contribution in [0.4, 0.5) is 0 Å². The van der Waals surface area contributed by atoms with Crippen LogP contribution >= 0.6 is 0 Å². The van der Waals surface area contributed by atoms with Crippen LogP contribution < -0.4 is 11.5 Å². The minimum Gasteiger partial charge on any atom is -0.508 e. The highest BCUT2D eigenvalue weighted by Gasteiger charge is 2.36. The summed E-state index contributed by atoms with van der Waals surface area (Å²) in [5, 5.41) is 9.35. The van der Waals surface area contributed by atoms with Gasteiger partial charge in [-0.3, -0.25) is 9.59 Å². The lowest BCUT2D eigenvalue weighted by Crippen LogP contribution is -2.70. The van der Waals surface area contributed by atoms with E-state index in [2.05, 4.69) is 5.73 Å². The number of quaternary nitrogens is 1. The first-order valence-electron chi connectivity index (χ1n) is 8.23. The molecule has 0 radical (unpaired) electrons. The number of carbonyl (C=O) groups is 2. The van der Waals surface area contributed by atoms with Crippen LogP contribution in [-0.2, 0) is 29.0 Å². The third-order valence-corrected chi connectivity index (χ3v) is 4.63. The van der Waals surface area contributed by atoms with Gasteiger partial charge in [-0.05, 0) is 28.8 Å². The van der Waals surface area contributed by atoms with Gasteiger partial charge in [0.25, 0.3) is 5.91 Å². The Hall–Kier alpha value is -2.86. The molecule has 6 heteroatoms. The molecule has 1 aliphatic rings. The topological polar surface area (TPSA) is 111 Å². The predicted octanol–water partition coefficient (Wildman–Crippen LogP) is -0.0160. The molecule has 2 aromatic carbocycles. The summed E-state index contributed by atoms with van der Waals surface area (Å²) in [6, 6.07) is 13.3. The number of phenols is 1. The van der Waals surface area contributed by atoms with Gasteiger partial charge in [-0.1, -0.05) is 36.4 Å². The molecule has 0 saturated heterocycles. The van der Waals surface area contributed by atoms with Crippen LogP contribution in [0.5, 0.6) is 5.75 Å². The van der Waals surface area contributed by atoms with Crippen molar-refractivity contribution in [2.24, 2.45) is 5.73 Å². The van der Waals surface area contributed by atoms with E-state index in [0.29, 0.717) is 19.4 Å². The van der Waals surface area contributed by atoms with Gasteiger partial charge in [0.15, 0.2) is 6.04 Å². The monoisotopic (exact) mass is 340 g/mol. The Morgan fingerprint density at radius 1 is 1.16 bits per heavy atom. The van der Waals surface area contributed by atoms with Crippen molar-refractivity contribution in [1.29, 1.82) is 0 Å². The summed E-state index contributed by atoms with van der Waals surface area (Å²) in [5.41, 5.74) is 12.5. The van der Waals surface area contributed by atoms with E-state index in [1.54, 1.807) is 29.2 Å². The molecular weight excluding hydrogens is 318 g/mol. The van der Waals surface area contributed by atoms with Gasteiger partial charge in [0.1, 0.15) is 11.8 Å². The number of benzene rings is 2. The van der Waals surface area contributed by atoms with Gasteiger partial charge in [-0.15, -0.1) is 0 Å². The molecule has 25 heavy (non-hydrogen) atoms. The van der Waals surface area contributed by atoms with Gasteiger partial charge in [-0.2, -0.15) is 0 Å². The van der Waals surface area contributed by atoms with Crippen molar-refractivity contribution in [1.82, 2.24) is 4.90 Å². The Morgan fingerprint density at radius 2 is 1.80 bits per heavy atom. The van der Waals surface area contributed by atoms with E-state index in [-0.39, 0.29) is 11.7 Å². The van der Waals surface area contributed by atoms with Crippen LogP contribution in [0, 0.1) is 0 Å². The molecule has 0 bridgehead atoms. The van der Waals surface area contributed by atoms with Crippen molar-refractivity contribution in [2.75, 3.05) is 0 Å². The molecule has 0 spiro atoms. The quantitative estimate of drug-likeness (QED) is 0.727. The molecule has 2 atom stereocenters. The number of primary amides is 1. The third-order valence-electron chi connectivity index (χ3n) is 4.63. The lowest BCUT2D eigenvalue weighted by atomic mass is 9.92. The summed E-state index contributed by atoms with van der Waals surface area (Å²) in [5.74, 6) is -0.511. The summed E-state index contributed by atoms with van der Waals surface area (Å²) < 4.78 is 0. The molecule has 3 rings (SSSR count). The Kier molecular flexibility index (Phi) is 4.72. The van der Waals surface area contributed by atoms with Crippen LogP contribution in [-0.4, -0.2) is 33.9 Å². The zero-order valence-electron chi connectivity index (χ0n) is 13.9.